The summed E-state index contributed by atoms with van der Waals surface area (Å²) >= 11 is 0. The van der Waals surface area contributed by atoms with E-state index in [1.165, 1.54) is 0 Å². The largest absolute Gasteiger partial charge is 0.280 e. The normalized spacial score (nSPS) is 11.3. The molecule has 4 heteroatoms. The summed E-state index contributed by atoms with van der Waals surface area (Å²) in [5.74, 6) is 0. The highest BCUT2D eigenvalue weighted by Crippen LogP contribution is 2.24. The number of hydrogen-bond donors (Lipinski definition) is 1. The van der Waals surface area contributed by atoms with E-state index in [1.807, 2.05) is 39.0 Å². The van der Waals surface area contributed by atoms with Gasteiger partial charge in [0, 0.05) is 5.69 Å². The van der Waals surface area contributed by atoms with Crippen LogP contribution in [0.2, 0.25) is 0 Å². The monoisotopic (exact) mass is 275 g/mol. The van der Waals surface area contributed by atoms with E-state index >= 15 is 0 Å². The van der Waals surface area contributed by atoms with Gasteiger partial charge in [0.1, 0.15) is 0 Å². The standard InChI is InChI=1S/C15H17NO2S/c1-11-9-12(2)15(13(3)10-11)19(17,18)16-14-7-5-4-6-8-14/h4-10,16H,1-3H3. The molecule has 3 nitrogen and oxygen atoms in total. The lowest BCUT2D eigenvalue weighted by Gasteiger charge is -2.13. The number of aryl methyl sites for hydroxylation is 3. The van der Waals surface area contributed by atoms with Gasteiger partial charge in [-0.3, -0.25) is 4.72 Å². The molecule has 0 aliphatic rings. The van der Waals surface area contributed by atoms with Gasteiger partial charge in [-0.05, 0) is 44.0 Å². The molecule has 0 unspecified atom stereocenters. The summed E-state index contributed by atoms with van der Waals surface area (Å²) in [7, 11) is -3.54. The Bertz CT molecular complexity index is 668. The van der Waals surface area contributed by atoms with Gasteiger partial charge in [0.15, 0.2) is 0 Å². The van der Waals surface area contributed by atoms with Crippen LogP contribution in [0.25, 0.3) is 0 Å². The van der Waals surface area contributed by atoms with Crippen molar-refractivity contribution in [2.75, 3.05) is 4.72 Å². The van der Waals surface area contributed by atoms with Crippen LogP contribution in [0, 0.1) is 20.8 Å². The number of hydrogen-bond acceptors (Lipinski definition) is 2. The highest BCUT2D eigenvalue weighted by Gasteiger charge is 2.19. The predicted octanol–water partition coefficient (Wildman–Crippen LogP) is 3.41. The van der Waals surface area contributed by atoms with Crippen molar-refractivity contribution in [1.29, 1.82) is 0 Å². The molecule has 0 bridgehead atoms. The van der Waals surface area contributed by atoms with E-state index in [0.717, 1.165) is 16.7 Å². The second-order valence-electron chi connectivity index (χ2n) is 4.70. The maximum Gasteiger partial charge on any atom is 0.262 e. The minimum absolute atomic E-state index is 0.363. The molecule has 0 amide bonds. The van der Waals surface area contributed by atoms with E-state index in [-0.39, 0.29) is 0 Å². The third-order valence-corrected chi connectivity index (χ3v) is 4.59. The molecule has 2 aromatic carbocycles. The fraction of sp³-hybridized carbons (Fsp3) is 0.200. The van der Waals surface area contributed by atoms with Crippen LogP contribution >= 0.6 is 0 Å². The highest BCUT2D eigenvalue weighted by molar-refractivity contribution is 7.92. The van der Waals surface area contributed by atoms with Crippen LogP contribution in [0.4, 0.5) is 5.69 Å². The van der Waals surface area contributed by atoms with E-state index in [0.29, 0.717) is 10.6 Å². The van der Waals surface area contributed by atoms with Crippen molar-refractivity contribution in [2.24, 2.45) is 0 Å². The van der Waals surface area contributed by atoms with Gasteiger partial charge >= 0.3 is 0 Å². The molecule has 19 heavy (non-hydrogen) atoms. The van der Waals surface area contributed by atoms with Gasteiger partial charge in [-0.1, -0.05) is 35.9 Å². The van der Waals surface area contributed by atoms with Crippen LogP contribution < -0.4 is 4.72 Å². The molecule has 0 fully saturated rings. The predicted molar refractivity (Wildman–Crippen MR) is 77.9 cm³/mol. The van der Waals surface area contributed by atoms with Gasteiger partial charge in [0.2, 0.25) is 0 Å². The summed E-state index contributed by atoms with van der Waals surface area (Å²) in [5, 5.41) is 0. The van der Waals surface area contributed by atoms with E-state index in [1.54, 1.807) is 24.3 Å². The molecule has 1 N–H and O–H groups in total. The zero-order chi connectivity index (χ0) is 14.0. The number of sulfonamides is 1. The van der Waals surface area contributed by atoms with Crippen molar-refractivity contribution in [3.63, 3.8) is 0 Å². The Balaban J connectivity index is 2.46. The first-order valence-electron chi connectivity index (χ1n) is 6.06. The maximum atomic E-state index is 12.4. The van der Waals surface area contributed by atoms with Crippen molar-refractivity contribution in [2.45, 2.75) is 25.7 Å². The third kappa shape index (κ3) is 2.96. The number of rotatable bonds is 3. The summed E-state index contributed by atoms with van der Waals surface area (Å²) in [6.07, 6.45) is 0. The van der Waals surface area contributed by atoms with Crippen molar-refractivity contribution in [3.8, 4) is 0 Å². The molecule has 0 saturated heterocycles. The molecule has 0 atom stereocenters. The minimum atomic E-state index is -3.54. The molecule has 0 aliphatic carbocycles. The quantitative estimate of drug-likeness (QED) is 0.933. The Kier molecular flexibility index (Phi) is 3.62. The second kappa shape index (κ2) is 5.05. The van der Waals surface area contributed by atoms with Gasteiger partial charge in [-0.15, -0.1) is 0 Å². The van der Waals surface area contributed by atoms with Crippen LogP contribution in [-0.2, 0) is 10.0 Å². The smallest absolute Gasteiger partial charge is 0.262 e. The first-order valence-corrected chi connectivity index (χ1v) is 7.54. The molecular formula is C15H17NO2S. The SMILES string of the molecule is Cc1cc(C)c(S(=O)(=O)Nc2ccccc2)c(C)c1. The van der Waals surface area contributed by atoms with Gasteiger partial charge < -0.3 is 0 Å². The molecule has 0 saturated carbocycles. The first-order chi connectivity index (χ1) is 8.90. The third-order valence-electron chi connectivity index (χ3n) is 2.90. The summed E-state index contributed by atoms with van der Waals surface area (Å²) < 4.78 is 27.5. The van der Waals surface area contributed by atoms with E-state index in [2.05, 4.69) is 4.72 Å². The molecule has 0 aliphatic heterocycles. The summed E-state index contributed by atoms with van der Waals surface area (Å²) in [6, 6.07) is 12.7. The molecule has 100 valence electrons. The first kappa shape index (κ1) is 13.6. The average molecular weight is 275 g/mol. The van der Waals surface area contributed by atoms with Crippen LogP contribution in [0.1, 0.15) is 16.7 Å². The van der Waals surface area contributed by atoms with E-state index < -0.39 is 10.0 Å². The zero-order valence-electron chi connectivity index (χ0n) is 11.3. The van der Waals surface area contributed by atoms with Crippen LogP contribution in [0.5, 0.6) is 0 Å². The zero-order valence-corrected chi connectivity index (χ0v) is 12.1. The molecule has 2 aromatic rings. The van der Waals surface area contributed by atoms with Gasteiger partial charge in [0.05, 0.1) is 4.90 Å². The Hall–Kier alpha value is -1.81. The molecule has 0 radical (unpaired) electrons. The maximum absolute atomic E-state index is 12.4. The second-order valence-corrected chi connectivity index (χ2v) is 6.32. The Morgan fingerprint density at radius 2 is 1.42 bits per heavy atom. The van der Waals surface area contributed by atoms with Crippen LogP contribution in [-0.4, -0.2) is 8.42 Å². The Morgan fingerprint density at radius 3 is 1.95 bits per heavy atom. The highest BCUT2D eigenvalue weighted by atomic mass is 32.2. The minimum Gasteiger partial charge on any atom is -0.280 e. The number of anilines is 1. The van der Waals surface area contributed by atoms with Crippen LogP contribution in [0.3, 0.4) is 0 Å². The molecule has 0 heterocycles. The van der Waals surface area contributed by atoms with E-state index in [4.69, 9.17) is 0 Å². The van der Waals surface area contributed by atoms with Crippen molar-refractivity contribution >= 4 is 15.7 Å². The average Bonchev–Trinajstić information content (AvgIpc) is 2.27. The summed E-state index contributed by atoms with van der Waals surface area (Å²) in [6.45, 7) is 5.60. The number of para-hydroxylation sites is 1. The summed E-state index contributed by atoms with van der Waals surface area (Å²) in [5.41, 5.74) is 3.16. The van der Waals surface area contributed by atoms with Crippen molar-refractivity contribution in [3.05, 3.63) is 59.2 Å². The molecule has 0 spiro atoms. The molecule has 2 rings (SSSR count). The molecular weight excluding hydrogens is 258 g/mol. The van der Waals surface area contributed by atoms with Gasteiger partial charge in [-0.25, -0.2) is 8.42 Å². The lowest BCUT2D eigenvalue weighted by molar-refractivity contribution is 0.600. The lowest BCUT2D eigenvalue weighted by atomic mass is 10.1. The van der Waals surface area contributed by atoms with Gasteiger partial charge in [0.25, 0.3) is 10.0 Å². The lowest BCUT2D eigenvalue weighted by Crippen LogP contribution is -2.15. The Morgan fingerprint density at radius 1 is 0.895 bits per heavy atom. The topological polar surface area (TPSA) is 46.2 Å². The number of nitrogens with one attached hydrogen (secondary N) is 1. The van der Waals surface area contributed by atoms with Crippen molar-refractivity contribution in [1.82, 2.24) is 0 Å². The Labute approximate surface area is 114 Å². The number of benzene rings is 2. The fourth-order valence-corrected chi connectivity index (χ4v) is 3.82. The van der Waals surface area contributed by atoms with Gasteiger partial charge in [-0.2, -0.15) is 0 Å². The fourth-order valence-electron chi connectivity index (χ4n) is 2.30. The summed E-state index contributed by atoms with van der Waals surface area (Å²) in [4.78, 5) is 0.363. The van der Waals surface area contributed by atoms with Crippen LogP contribution in [0.15, 0.2) is 47.4 Å². The van der Waals surface area contributed by atoms with Crippen molar-refractivity contribution < 1.29 is 8.42 Å². The molecule has 0 aromatic heterocycles. The van der Waals surface area contributed by atoms with E-state index in [9.17, 15) is 8.42 Å².